The van der Waals surface area contributed by atoms with E-state index in [1.807, 2.05) is 0 Å². The van der Waals surface area contributed by atoms with Crippen molar-refractivity contribution >= 4 is 10.8 Å². The smallest absolute Gasteiger partial charge is 0.276 e. The Bertz CT molecular complexity index is 907. The minimum absolute atomic E-state index is 0.163. The van der Waals surface area contributed by atoms with Crippen molar-refractivity contribution in [3.63, 3.8) is 0 Å². The first-order valence-electron chi connectivity index (χ1n) is 6.92. The Morgan fingerprint density at radius 3 is 2.12 bits per heavy atom. The van der Waals surface area contributed by atoms with E-state index < -0.39 is 23.7 Å². The number of hydrogen-bond acceptors (Lipinski definition) is 1. The minimum atomic E-state index is -6.40. The lowest BCUT2D eigenvalue weighted by atomic mass is 10.0. The Balaban J connectivity index is 2.09. The van der Waals surface area contributed by atoms with Gasteiger partial charge in [-0.05, 0) is 16.8 Å². The molecule has 0 aliphatic heterocycles. The molecule has 0 aliphatic rings. The molecule has 0 fully saturated rings. The fraction of sp³-hybridized carbons (Fsp3) is 0.188. The van der Waals surface area contributed by atoms with Crippen molar-refractivity contribution < 1.29 is 30.7 Å². The summed E-state index contributed by atoms with van der Waals surface area (Å²) in [5, 5.41) is 6.43. The van der Waals surface area contributed by atoms with E-state index in [0.29, 0.717) is 17.0 Å². The summed E-state index contributed by atoms with van der Waals surface area (Å²) in [6, 6.07) is 12.1. The highest BCUT2D eigenvalue weighted by atomic mass is 19.4. The molecular formula is C16H9F7N2. The van der Waals surface area contributed by atoms with Crippen LogP contribution < -0.4 is 0 Å². The van der Waals surface area contributed by atoms with Crippen LogP contribution >= 0.6 is 0 Å². The molecule has 0 spiro atoms. The van der Waals surface area contributed by atoms with Crippen LogP contribution in [0, 0.1) is 0 Å². The molecule has 0 saturated heterocycles. The molecule has 2 aromatic carbocycles. The summed E-state index contributed by atoms with van der Waals surface area (Å²) in [4.78, 5) is 0. The second-order valence-electron chi connectivity index (χ2n) is 5.34. The number of halogens is 7. The van der Waals surface area contributed by atoms with Crippen molar-refractivity contribution in [3.8, 4) is 11.3 Å². The van der Waals surface area contributed by atoms with Gasteiger partial charge in [0.05, 0.1) is 5.69 Å². The Labute approximate surface area is 136 Å². The molecule has 0 amide bonds. The third-order valence-electron chi connectivity index (χ3n) is 3.73. The number of aromatic amines is 1. The predicted molar refractivity (Wildman–Crippen MR) is 76.4 cm³/mol. The second kappa shape index (κ2) is 5.47. The normalized spacial score (nSPS) is 13.4. The van der Waals surface area contributed by atoms with Gasteiger partial charge >= 0.3 is 18.0 Å². The monoisotopic (exact) mass is 362 g/mol. The molecule has 3 rings (SSSR count). The van der Waals surface area contributed by atoms with E-state index in [1.54, 1.807) is 41.5 Å². The molecule has 25 heavy (non-hydrogen) atoms. The fourth-order valence-electron chi connectivity index (χ4n) is 2.42. The summed E-state index contributed by atoms with van der Waals surface area (Å²) in [5.41, 5.74) is -1.45. The highest BCUT2D eigenvalue weighted by molar-refractivity contribution is 5.95. The number of nitrogens with one attached hydrogen (secondary N) is 1. The number of benzene rings is 2. The first-order valence-corrected chi connectivity index (χ1v) is 6.92. The maximum Gasteiger partial charge on any atom is 0.460 e. The first kappa shape index (κ1) is 17.2. The molecule has 0 saturated carbocycles. The van der Waals surface area contributed by atoms with Crippen LogP contribution in [0.1, 0.15) is 5.69 Å². The van der Waals surface area contributed by atoms with Crippen molar-refractivity contribution in [2.45, 2.75) is 18.0 Å². The van der Waals surface area contributed by atoms with Crippen molar-refractivity contribution in [2.24, 2.45) is 0 Å². The van der Waals surface area contributed by atoms with Crippen molar-refractivity contribution in [2.75, 3.05) is 0 Å². The van der Waals surface area contributed by atoms with E-state index in [2.05, 4.69) is 5.10 Å². The van der Waals surface area contributed by atoms with E-state index in [1.165, 1.54) is 6.07 Å². The minimum Gasteiger partial charge on any atom is -0.276 e. The molecule has 1 N–H and O–H groups in total. The molecule has 0 unspecified atom stereocenters. The largest absolute Gasteiger partial charge is 0.460 e. The third kappa shape index (κ3) is 2.63. The van der Waals surface area contributed by atoms with E-state index >= 15 is 0 Å². The summed E-state index contributed by atoms with van der Waals surface area (Å²) < 4.78 is 90.6. The Morgan fingerprint density at radius 2 is 1.44 bits per heavy atom. The quantitative estimate of drug-likeness (QED) is 0.611. The molecule has 3 aromatic rings. The molecule has 0 aliphatic carbocycles. The van der Waals surface area contributed by atoms with Gasteiger partial charge in [0, 0.05) is 5.56 Å². The number of aromatic nitrogens is 2. The van der Waals surface area contributed by atoms with Crippen LogP contribution in [0.3, 0.4) is 0 Å². The van der Waals surface area contributed by atoms with Crippen molar-refractivity contribution in [1.82, 2.24) is 10.2 Å². The van der Waals surface area contributed by atoms with Gasteiger partial charge in [0.1, 0.15) is 5.69 Å². The second-order valence-corrected chi connectivity index (χ2v) is 5.34. The van der Waals surface area contributed by atoms with E-state index in [4.69, 9.17) is 0 Å². The van der Waals surface area contributed by atoms with Gasteiger partial charge in [-0.2, -0.15) is 35.8 Å². The topological polar surface area (TPSA) is 28.7 Å². The third-order valence-corrected chi connectivity index (χ3v) is 3.73. The van der Waals surface area contributed by atoms with Crippen LogP contribution in [0.5, 0.6) is 0 Å². The van der Waals surface area contributed by atoms with Gasteiger partial charge in [-0.3, -0.25) is 5.10 Å². The SMILES string of the molecule is FC(F)(F)C(F)(F)C(F)(F)c1cc(-c2cccc3ccccc23)n[nH]1. The summed E-state index contributed by atoms with van der Waals surface area (Å²) >= 11 is 0. The highest BCUT2D eigenvalue weighted by Crippen LogP contribution is 2.51. The summed E-state index contributed by atoms with van der Waals surface area (Å²) in [6.45, 7) is 0. The van der Waals surface area contributed by atoms with Crippen LogP contribution in [0.2, 0.25) is 0 Å². The van der Waals surface area contributed by atoms with Crippen LogP contribution in [-0.2, 0) is 5.92 Å². The molecule has 132 valence electrons. The number of nitrogens with zero attached hydrogens (tertiary/aromatic N) is 1. The van der Waals surface area contributed by atoms with Gasteiger partial charge in [0.2, 0.25) is 0 Å². The Morgan fingerprint density at radius 1 is 0.800 bits per heavy atom. The van der Waals surface area contributed by atoms with E-state index in [0.717, 1.165) is 5.39 Å². The lowest BCUT2D eigenvalue weighted by Gasteiger charge is -2.26. The molecule has 1 aromatic heterocycles. The number of hydrogen-bond donors (Lipinski definition) is 1. The average molecular weight is 362 g/mol. The number of H-pyrrole nitrogens is 1. The lowest BCUT2D eigenvalue weighted by Crippen LogP contribution is -2.50. The maximum absolute atomic E-state index is 13.7. The lowest BCUT2D eigenvalue weighted by molar-refractivity contribution is -0.360. The molecule has 0 atom stereocenters. The first-order chi connectivity index (χ1) is 11.6. The van der Waals surface area contributed by atoms with E-state index in [9.17, 15) is 30.7 Å². The van der Waals surface area contributed by atoms with Crippen molar-refractivity contribution in [3.05, 3.63) is 54.2 Å². The maximum atomic E-state index is 13.7. The van der Waals surface area contributed by atoms with Crippen molar-refractivity contribution in [1.29, 1.82) is 0 Å². The molecule has 9 heteroatoms. The standard InChI is InChI=1S/C16H9F7N2/c17-14(18,15(19,20)16(21,22)23)13-8-12(24-25-13)11-7-3-5-9-4-1-2-6-10(9)11/h1-8H,(H,24,25). The predicted octanol–water partition coefficient (Wildman–Crippen LogP) is 5.52. The average Bonchev–Trinajstić information content (AvgIpc) is 3.03. The van der Waals surface area contributed by atoms with Gasteiger partial charge in [0.15, 0.2) is 0 Å². The molecular weight excluding hydrogens is 353 g/mol. The zero-order valence-corrected chi connectivity index (χ0v) is 12.2. The summed E-state index contributed by atoms with van der Waals surface area (Å²) in [5.74, 6) is -11.7. The number of fused-ring (bicyclic) bond motifs is 1. The van der Waals surface area contributed by atoms with Gasteiger partial charge in [0.25, 0.3) is 0 Å². The zero-order valence-electron chi connectivity index (χ0n) is 12.2. The van der Waals surface area contributed by atoms with Gasteiger partial charge in [-0.15, -0.1) is 0 Å². The van der Waals surface area contributed by atoms with Gasteiger partial charge in [-0.25, -0.2) is 0 Å². The van der Waals surface area contributed by atoms with Gasteiger partial charge in [-0.1, -0.05) is 42.5 Å². The molecule has 2 nitrogen and oxygen atoms in total. The highest BCUT2D eigenvalue weighted by Gasteiger charge is 2.74. The van der Waals surface area contributed by atoms with E-state index in [-0.39, 0.29) is 5.69 Å². The Kier molecular flexibility index (Phi) is 3.77. The van der Waals surface area contributed by atoms with Crippen LogP contribution in [0.15, 0.2) is 48.5 Å². The fourth-order valence-corrected chi connectivity index (χ4v) is 2.42. The molecule has 1 heterocycles. The van der Waals surface area contributed by atoms with Gasteiger partial charge < -0.3 is 0 Å². The van der Waals surface area contributed by atoms with Crippen LogP contribution in [0.4, 0.5) is 30.7 Å². The molecule has 0 radical (unpaired) electrons. The summed E-state index contributed by atoms with van der Waals surface area (Å²) in [7, 11) is 0. The zero-order chi connectivity index (χ0) is 18.5. The molecule has 0 bridgehead atoms. The number of alkyl halides is 7. The summed E-state index contributed by atoms with van der Waals surface area (Å²) in [6.07, 6.45) is -6.40. The van der Waals surface area contributed by atoms with Crippen LogP contribution in [0.25, 0.3) is 22.0 Å². The van der Waals surface area contributed by atoms with Crippen LogP contribution in [-0.4, -0.2) is 22.3 Å². The Hall–Kier alpha value is -2.58. The number of rotatable bonds is 3.